The van der Waals surface area contributed by atoms with Gasteiger partial charge >= 0.3 is 6.03 Å². The summed E-state index contributed by atoms with van der Waals surface area (Å²) in [6.07, 6.45) is 0.698. The second-order valence-electron chi connectivity index (χ2n) is 3.53. The third-order valence-corrected chi connectivity index (χ3v) is 2.05. The molecule has 1 aliphatic heterocycles. The Balaban J connectivity index is 2.15. The first-order valence-corrected chi connectivity index (χ1v) is 5.25. The number of hydrazone groups is 1. The maximum absolute atomic E-state index is 11.5. The lowest BCUT2D eigenvalue weighted by molar-refractivity contribution is 0.169. The van der Waals surface area contributed by atoms with Crippen molar-refractivity contribution in [3.63, 3.8) is 0 Å². The van der Waals surface area contributed by atoms with Crippen molar-refractivity contribution < 1.29 is 9.53 Å². The van der Waals surface area contributed by atoms with Gasteiger partial charge in [-0.1, -0.05) is 0 Å². The third-order valence-electron chi connectivity index (χ3n) is 2.05. The Morgan fingerprint density at radius 2 is 2.47 bits per heavy atom. The molecule has 9 nitrogen and oxygen atoms in total. The highest BCUT2D eigenvalue weighted by Crippen LogP contribution is 1.87. The number of amidine groups is 1. The Morgan fingerprint density at radius 3 is 3.06 bits per heavy atom. The van der Waals surface area contributed by atoms with Crippen LogP contribution in [0, 0.1) is 0 Å². The number of hydrogen-bond acceptors (Lipinski definition) is 7. The van der Waals surface area contributed by atoms with Crippen LogP contribution < -0.4 is 22.1 Å². The zero-order valence-corrected chi connectivity index (χ0v) is 10.1. The van der Waals surface area contributed by atoms with Crippen molar-refractivity contribution in [1.29, 1.82) is 0 Å². The molecule has 0 aromatic carbocycles. The number of nitrogens with zero attached hydrogens (tertiary/aromatic N) is 3. The van der Waals surface area contributed by atoms with Gasteiger partial charge in [0.1, 0.15) is 0 Å². The first-order valence-electron chi connectivity index (χ1n) is 5.25. The second-order valence-corrected chi connectivity index (χ2v) is 3.53. The van der Waals surface area contributed by atoms with E-state index in [1.165, 1.54) is 0 Å². The number of rotatable bonds is 6. The molecule has 0 atom stereocenters. The summed E-state index contributed by atoms with van der Waals surface area (Å²) in [7, 11) is 3.37. The molecule has 1 aliphatic rings. The van der Waals surface area contributed by atoms with Crippen LogP contribution in [0.25, 0.3) is 0 Å². The highest BCUT2D eigenvalue weighted by atomic mass is 16.5. The van der Waals surface area contributed by atoms with Gasteiger partial charge in [0, 0.05) is 27.3 Å². The molecule has 5 N–H and O–H groups in total. The molecule has 0 saturated heterocycles. The number of amides is 2. The zero-order chi connectivity index (χ0) is 12.7. The van der Waals surface area contributed by atoms with E-state index >= 15 is 0 Å². The lowest BCUT2D eigenvalue weighted by Gasteiger charge is -2.17. The van der Waals surface area contributed by atoms with Crippen molar-refractivity contribution in [2.45, 2.75) is 6.42 Å². The molecule has 0 fully saturated rings. The fourth-order valence-corrected chi connectivity index (χ4v) is 1.20. The van der Waals surface area contributed by atoms with Gasteiger partial charge in [0.2, 0.25) is 0 Å². The number of urea groups is 1. The molecule has 1 heterocycles. The fourth-order valence-electron chi connectivity index (χ4n) is 1.20. The van der Waals surface area contributed by atoms with Crippen LogP contribution in [0.4, 0.5) is 4.79 Å². The predicted molar refractivity (Wildman–Crippen MR) is 62.3 cm³/mol. The summed E-state index contributed by atoms with van der Waals surface area (Å²) in [5.41, 5.74) is 5.54. The van der Waals surface area contributed by atoms with Crippen LogP contribution in [0.3, 0.4) is 0 Å². The lowest BCUT2D eigenvalue weighted by Crippen LogP contribution is -2.48. The first-order chi connectivity index (χ1) is 8.13. The Hall–Kier alpha value is -1.58. The maximum atomic E-state index is 11.5. The summed E-state index contributed by atoms with van der Waals surface area (Å²) >= 11 is 0. The van der Waals surface area contributed by atoms with Gasteiger partial charge in [-0.25, -0.2) is 16.2 Å². The standard InChI is InChI=1S/C8H19N7O2/c1-14-12-7(11-13-14)6-10-8(16)15(9)4-3-5-17-2/h13H,3-6,9H2,1-2H3,(H,10,16)(H,11,12). The molecular formula is C8H19N7O2. The number of hydrazine groups is 3. The number of carbonyl (C=O) groups excluding carboxylic acids is 1. The second kappa shape index (κ2) is 6.89. The summed E-state index contributed by atoms with van der Waals surface area (Å²) < 4.78 is 4.87. The Morgan fingerprint density at radius 1 is 1.71 bits per heavy atom. The average Bonchev–Trinajstić information content (AvgIpc) is 2.72. The van der Waals surface area contributed by atoms with Gasteiger partial charge in [0.05, 0.1) is 6.54 Å². The monoisotopic (exact) mass is 245 g/mol. The average molecular weight is 245 g/mol. The summed E-state index contributed by atoms with van der Waals surface area (Å²) in [5.74, 6) is 6.17. The number of hydrogen-bond donors (Lipinski definition) is 4. The minimum Gasteiger partial charge on any atom is -0.385 e. The van der Waals surface area contributed by atoms with E-state index in [4.69, 9.17) is 10.6 Å². The minimum atomic E-state index is -0.347. The van der Waals surface area contributed by atoms with Crippen LogP contribution in [0.1, 0.15) is 6.42 Å². The highest BCUT2D eigenvalue weighted by molar-refractivity contribution is 5.87. The van der Waals surface area contributed by atoms with Gasteiger partial charge in [-0.3, -0.25) is 10.4 Å². The molecule has 0 aromatic heterocycles. The van der Waals surface area contributed by atoms with Gasteiger partial charge in [-0.2, -0.15) is 0 Å². The largest absolute Gasteiger partial charge is 0.385 e. The van der Waals surface area contributed by atoms with E-state index in [-0.39, 0.29) is 12.6 Å². The normalized spacial score (nSPS) is 14.9. The van der Waals surface area contributed by atoms with Gasteiger partial charge in [-0.05, 0) is 6.42 Å². The number of methoxy groups -OCH3 is 1. The third kappa shape index (κ3) is 4.85. The van der Waals surface area contributed by atoms with Gasteiger partial charge in [0.15, 0.2) is 5.84 Å². The molecule has 17 heavy (non-hydrogen) atoms. The van der Waals surface area contributed by atoms with Crippen molar-refractivity contribution in [3.8, 4) is 0 Å². The zero-order valence-electron chi connectivity index (χ0n) is 10.1. The van der Waals surface area contributed by atoms with E-state index < -0.39 is 0 Å². The molecule has 0 unspecified atom stereocenters. The molecule has 2 amide bonds. The maximum Gasteiger partial charge on any atom is 0.331 e. The lowest BCUT2D eigenvalue weighted by atomic mass is 10.4. The number of nitrogens with one attached hydrogen (secondary N) is 3. The molecule has 0 bridgehead atoms. The van der Waals surface area contributed by atoms with Crippen LogP contribution in [-0.4, -0.2) is 55.8 Å². The van der Waals surface area contributed by atoms with E-state index in [1.807, 2.05) is 0 Å². The Bertz CT molecular complexity index is 283. The summed E-state index contributed by atoms with van der Waals surface area (Å²) in [6.45, 7) is 1.30. The van der Waals surface area contributed by atoms with Crippen LogP contribution in [0.2, 0.25) is 0 Å². The van der Waals surface area contributed by atoms with Gasteiger partial charge in [-0.15, -0.1) is 10.2 Å². The molecular weight excluding hydrogens is 226 g/mol. The van der Waals surface area contributed by atoms with Crippen LogP contribution in [-0.2, 0) is 4.74 Å². The van der Waals surface area contributed by atoms with Crippen LogP contribution in [0.5, 0.6) is 0 Å². The summed E-state index contributed by atoms with van der Waals surface area (Å²) in [4.78, 5) is 11.5. The molecule has 1 rings (SSSR count). The molecule has 0 saturated carbocycles. The van der Waals surface area contributed by atoms with E-state index in [0.29, 0.717) is 25.4 Å². The fraction of sp³-hybridized carbons (Fsp3) is 0.750. The molecule has 0 spiro atoms. The number of ether oxygens (including phenoxy) is 1. The van der Waals surface area contributed by atoms with Crippen LogP contribution >= 0.6 is 0 Å². The Labute approximate surface area is 99.8 Å². The summed E-state index contributed by atoms with van der Waals surface area (Å²) in [6, 6.07) is -0.347. The van der Waals surface area contributed by atoms with Crippen LogP contribution in [0.15, 0.2) is 5.10 Å². The molecule has 98 valence electrons. The highest BCUT2D eigenvalue weighted by Gasteiger charge is 2.13. The molecule has 0 radical (unpaired) electrons. The van der Waals surface area contributed by atoms with E-state index in [0.717, 1.165) is 5.01 Å². The summed E-state index contributed by atoms with van der Waals surface area (Å²) in [5, 5.41) is 9.23. The van der Waals surface area contributed by atoms with Crippen molar-refractivity contribution in [3.05, 3.63) is 0 Å². The SMILES string of the molecule is COCCCN(N)C(=O)NCC1=NNN(C)N1. The molecule has 0 aromatic rings. The van der Waals surface area contributed by atoms with E-state index in [1.54, 1.807) is 19.3 Å². The topological polar surface area (TPSA) is 107 Å². The Kier molecular flexibility index (Phi) is 5.46. The van der Waals surface area contributed by atoms with Crippen molar-refractivity contribution >= 4 is 11.9 Å². The van der Waals surface area contributed by atoms with E-state index in [9.17, 15) is 4.79 Å². The van der Waals surface area contributed by atoms with Crippen molar-refractivity contribution in [1.82, 2.24) is 26.4 Å². The first kappa shape index (κ1) is 13.5. The quantitative estimate of drug-likeness (QED) is 0.190. The predicted octanol–water partition coefficient (Wildman–Crippen LogP) is -1.82. The van der Waals surface area contributed by atoms with Crippen molar-refractivity contribution in [2.75, 3.05) is 33.9 Å². The number of nitrogens with two attached hydrogens (primary N) is 1. The van der Waals surface area contributed by atoms with Crippen molar-refractivity contribution in [2.24, 2.45) is 10.9 Å². The molecule has 0 aliphatic carbocycles. The van der Waals surface area contributed by atoms with Gasteiger partial charge in [0.25, 0.3) is 0 Å². The molecule has 9 heteroatoms. The van der Waals surface area contributed by atoms with E-state index in [2.05, 4.69) is 21.4 Å². The smallest absolute Gasteiger partial charge is 0.331 e. The van der Waals surface area contributed by atoms with Gasteiger partial charge < -0.3 is 10.1 Å². The number of carbonyl (C=O) groups is 1. The minimum absolute atomic E-state index is 0.286.